The van der Waals surface area contributed by atoms with Gasteiger partial charge in [0.05, 0.1) is 6.21 Å². The van der Waals surface area contributed by atoms with Crippen LogP contribution in [0.5, 0.6) is 0 Å². The molecule has 1 atom stereocenters. The molecule has 0 unspecified atom stereocenters. The van der Waals surface area contributed by atoms with E-state index in [4.69, 9.17) is 4.42 Å². The predicted octanol–water partition coefficient (Wildman–Crippen LogP) is 4.20. The first kappa shape index (κ1) is 18.1. The minimum atomic E-state index is -1.27. The second-order valence-electron chi connectivity index (χ2n) is 5.71. The third kappa shape index (κ3) is 4.28. The van der Waals surface area contributed by atoms with Crippen molar-refractivity contribution in [2.75, 3.05) is 0 Å². The lowest BCUT2D eigenvalue weighted by Crippen LogP contribution is -2.25. The van der Waals surface area contributed by atoms with Crippen molar-refractivity contribution >= 4 is 28.1 Å². The highest BCUT2D eigenvalue weighted by atomic mass is 79.9. The number of hydrogen-bond acceptors (Lipinski definition) is 4. The molecule has 0 aliphatic heterocycles. The number of nitrogens with one attached hydrogen (secondary N) is 1. The number of carbonyl (C=O) groups is 1. The number of carbonyl (C=O) groups excluding carboxylic acids is 1. The molecule has 6 heteroatoms. The Morgan fingerprint density at radius 1 is 1.19 bits per heavy atom. The summed E-state index contributed by atoms with van der Waals surface area (Å²) in [4.78, 5) is 11.9. The van der Waals surface area contributed by atoms with Crippen LogP contribution in [-0.4, -0.2) is 17.2 Å². The number of benzene rings is 2. The van der Waals surface area contributed by atoms with Gasteiger partial charge in [-0.25, -0.2) is 5.43 Å². The SMILES string of the molecule is Cc1ccc(-c2ccc(/C=N\NC(=O)[C@@H](O)c3ccccc3)o2)cc1Br. The summed E-state index contributed by atoms with van der Waals surface area (Å²) in [6, 6.07) is 18.2. The zero-order valence-electron chi connectivity index (χ0n) is 14.0. The van der Waals surface area contributed by atoms with Gasteiger partial charge in [0, 0.05) is 10.0 Å². The molecule has 2 aromatic carbocycles. The summed E-state index contributed by atoms with van der Waals surface area (Å²) >= 11 is 3.50. The number of furan rings is 1. The number of nitrogens with zero attached hydrogens (tertiary/aromatic N) is 1. The number of rotatable bonds is 5. The van der Waals surface area contributed by atoms with E-state index in [-0.39, 0.29) is 0 Å². The van der Waals surface area contributed by atoms with Crippen LogP contribution in [0.25, 0.3) is 11.3 Å². The maximum atomic E-state index is 11.9. The molecule has 1 aromatic heterocycles. The van der Waals surface area contributed by atoms with Gasteiger partial charge in [-0.05, 0) is 36.2 Å². The van der Waals surface area contributed by atoms with E-state index in [9.17, 15) is 9.90 Å². The lowest BCUT2D eigenvalue weighted by molar-refractivity contribution is -0.129. The van der Waals surface area contributed by atoms with Crippen molar-refractivity contribution in [3.63, 3.8) is 0 Å². The summed E-state index contributed by atoms with van der Waals surface area (Å²) in [7, 11) is 0. The molecule has 2 N–H and O–H groups in total. The molecule has 0 radical (unpaired) electrons. The number of aliphatic hydroxyl groups is 1. The van der Waals surface area contributed by atoms with Crippen LogP contribution in [0.3, 0.4) is 0 Å². The lowest BCUT2D eigenvalue weighted by Gasteiger charge is -2.08. The van der Waals surface area contributed by atoms with Crippen molar-refractivity contribution in [1.29, 1.82) is 0 Å². The first-order valence-corrected chi connectivity index (χ1v) is 8.76. The fraction of sp³-hybridized carbons (Fsp3) is 0.100. The Morgan fingerprint density at radius 3 is 2.69 bits per heavy atom. The van der Waals surface area contributed by atoms with Crippen LogP contribution in [0, 0.1) is 6.92 Å². The first-order valence-electron chi connectivity index (χ1n) is 7.97. The van der Waals surface area contributed by atoms with Crippen molar-refractivity contribution in [3.05, 3.63) is 82.0 Å². The first-order chi connectivity index (χ1) is 12.5. The largest absolute Gasteiger partial charge is 0.455 e. The van der Waals surface area contributed by atoms with Crippen LogP contribution in [-0.2, 0) is 4.79 Å². The van der Waals surface area contributed by atoms with E-state index >= 15 is 0 Å². The number of hydrogen-bond donors (Lipinski definition) is 2. The Kier molecular flexibility index (Phi) is 5.65. The fourth-order valence-electron chi connectivity index (χ4n) is 2.33. The van der Waals surface area contributed by atoms with Gasteiger partial charge in [-0.15, -0.1) is 0 Å². The van der Waals surface area contributed by atoms with Gasteiger partial charge in [0.15, 0.2) is 6.10 Å². The summed E-state index contributed by atoms with van der Waals surface area (Å²) < 4.78 is 6.71. The molecular formula is C20H17BrN2O3. The highest BCUT2D eigenvalue weighted by molar-refractivity contribution is 9.10. The van der Waals surface area contributed by atoms with Crippen LogP contribution in [0.15, 0.2) is 74.7 Å². The fourth-order valence-corrected chi connectivity index (χ4v) is 2.71. The molecule has 0 aliphatic rings. The van der Waals surface area contributed by atoms with Gasteiger partial charge in [-0.3, -0.25) is 4.79 Å². The van der Waals surface area contributed by atoms with Crippen LogP contribution in [0.4, 0.5) is 0 Å². The number of amides is 1. The summed E-state index contributed by atoms with van der Waals surface area (Å²) in [5.74, 6) is 0.579. The topological polar surface area (TPSA) is 74.8 Å². The standard InChI is InChI=1S/C20H17BrN2O3/c1-13-7-8-15(11-17(13)21)18-10-9-16(26-18)12-22-23-20(25)19(24)14-5-3-2-4-6-14/h2-12,19,24H,1H3,(H,23,25)/b22-12-/t19-/m0/s1. The quantitative estimate of drug-likeness (QED) is 0.486. The molecule has 132 valence electrons. The number of halogens is 1. The maximum absolute atomic E-state index is 11.9. The minimum Gasteiger partial charge on any atom is -0.455 e. The lowest BCUT2D eigenvalue weighted by atomic mass is 10.1. The van der Waals surface area contributed by atoms with Gasteiger partial charge in [-0.2, -0.15) is 5.10 Å². The van der Waals surface area contributed by atoms with E-state index in [0.717, 1.165) is 15.6 Å². The van der Waals surface area contributed by atoms with Gasteiger partial charge >= 0.3 is 0 Å². The second-order valence-corrected chi connectivity index (χ2v) is 6.57. The third-order valence-electron chi connectivity index (χ3n) is 3.81. The summed E-state index contributed by atoms with van der Waals surface area (Å²) in [5, 5.41) is 13.8. The van der Waals surface area contributed by atoms with Crippen LogP contribution in [0.2, 0.25) is 0 Å². The Balaban J connectivity index is 1.63. The minimum absolute atomic E-state index is 0.492. The molecule has 3 aromatic rings. The van der Waals surface area contributed by atoms with E-state index < -0.39 is 12.0 Å². The van der Waals surface area contributed by atoms with Crippen molar-refractivity contribution in [3.8, 4) is 11.3 Å². The van der Waals surface area contributed by atoms with E-state index in [1.54, 1.807) is 30.3 Å². The molecule has 0 saturated carbocycles. The average Bonchev–Trinajstić information content (AvgIpc) is 3.13. The molecule has 1 heterocycles. The number of hydrazone groups is 1. The predicted molar refractivity (Wildman–Crippen MR) is 104 cm³/mol. The van der Waals surface area contributed by atoms with E-state index in [1.807, 2.05) is 37.3 Å². The Morgan fingerprint density at radius 2 is 1.96 bits per heavy atom. The zero-order chi connectivity index (χ0) is 18.5. The van der Waals surface area contributed by atoms with Crippen LogP contribution < -0.4 is 5.43 Å². The Labute approximate surface area is 159 Å². The molecule has 0 aliphatic carbocycles. The molecule has 0 saturated heterocycles. The van der Waals surface area contributed by atoms with Crippen molar-refractivity contribution in [1.82, 2.24) is 5.43 Å². The van der Waals surface area contributed by atoms with Gasteiger partial charge in [0.25, 0.3) is 5.91 Å². The molecule has 26 heavy (non-hydrogen) atoms. The summed E-state index contributed by atoms with van der Waals surface area (Å²) in [6.45, 7) is 2.01. The molecule has 0 spiro atoms. The van der Waals surface area contributed by atoms with E-state index in [2.05, 4.69) is 26.5 Å². The van der Waals surface area contributed by atoms with Gasteiger partial charge < -0.3 is 9.52 Å². The molecule has 0 bridgehead atoms. The number of aryl methyl sites for hydroxylation is 1. The molecule has 5 nitrogen and oxygen atoms in total. The molecule has 1 amide bonds. The van der Waals surface area contributed by atoms with Crippen molar-refractivity contribution < 1.29 is 14.3 Å². The van der Waals surface area contributed by atoms with Crippen molar-refractivity contribution in [2.45, 2.75) is 13.0 Å². The third-order valence-corrected chi connectivity index (χ3v) is 4.67. The Hall–Kier alpha value is -2.70. The van der Waals surface area contributed by atoms with Crippen LogP contribution >= 0.6 is 15.9 Å². The molecular weight excluding hydrogens is 396 g/mol. The van der Waals surface area contributed by atoms with Gasteiger partial charge in [0.1, 0.15) is 11.5 Å². The normalized spacial score (nSPS) is 12.3. The van der Waals surface area contributed by atoms with Crippen LogP contribution in [0.1, 0.15) is 23.0 Å². The van der Waals surface area contributed by atoms with E-state index in [0.29, 0.717) is 17.1 Å². The highest BCUT2D eigenvalue weighted by Gasteiger charge is 2.16. The smallest absolute Gasteiger partial charge is 0.273 e. The van der Waals surface area contributed by atoms with Gasteiger partial charge in [-0.1, -0.05) is 58.4 Å². The average molecular weight is 413 g/mol. The number of aliphatic hydroxyl groups excluding tert-OH is 1. The zero-order valence-corrected chi connectivity index (χ0v) is 15.6. The highest BCUT2D eigenvalue weighted by Crippen LogP contribution is 2.26. The Bertz CT molecular complexity index is 935. The second kappa shape index (κ2) is 8.12. The van der Waals surface area contributed by atoms with E-state index in [1.165, 1.54) is 6.21 Å². The summed E-state index contributed by atoms with van der Waals surface area (Å²) in [6.07, 6.45) is 0.118. The van der Waals surface area contributed by atoms with Gasteiger partial charge in [0.2, 0.25) is 0 Å². The molecule has 0 fully saturated rings. The molecule has 3 rings (SSSR count). The van der Waals surface area contributed by atoms with Crippen molar-refractivity contribution in [2.24, 2.45) is 5.10 Å². The maximum Gasteiger partial charge on any atom is 0.273 e. The summed E-state index contributed by atoms with van der Waals surface area (Å²) in [5.41, 5.74) is 4.89. The monoisotopic (exact) mass is 412 g/mol.